The first-order valence-electron chi connectivity index (χ1n) is 7.83. The van der Waals surface area contributed by atoms with Crippen LogP contribution in [-0.4, -0.2) is 34.7 Å². The second-order valence-electron chi connectivity index (χ2n) is 5.77. The van der Waals surface area contributed by atoms with E-state index in [0.29, 0.717) is 23.9 Å². The number of amidine groups is 1. The van der Waals surface area contributed by atoms with E-state index in [1.54, 1.807) is 42.3 Å². The number of nitrogens with one attached hydrogen (secondary N) is 1. The van der Waals surface area contributed by atoms with Gasteiger partial charge in [-0.2, -0.15) is 4.99 Å². The zero-order chi connectivity index (χ0) is 17.2. The molecule has 2 aliphatic rings. The fraction of sp³-hybridized carbons (Fsp3) is 0.278. The summed E-state index contributed by atoms with van der Waals surface area (Å²) in [5, 5.41) is 2.89. The SMILES string of the molecule is CCOc1ccccc1NC(=O)C1(C)CC(=O)N=C2C=CC=CN21. The Labute approximate surface area is 140 Å². The number of carbonyl (C=O) groups excluding carboxylic acids is 2. The van der Waals surface area contributed by atoms with Crippen molar-refractivity contribution < 1.29 is 14.3 Å². The molecule has 0 aromatic heterocycles. The average molecular weight is 325 g/mol. The van der Waals surface area contributed by atoms with Gasteiger partial charge in [-0.05, 0) is 38.1 Å². The number of anilines is 1. The molecule has 0 aliphatic carbocycles. The Balaban J connectivity index is 1.89. The fourth-order valence-electron chi connectivity index (χ4n) is 2.79. The van der Waals surface area contributed by atoms with Gasteiger partial charge in [0.1, 0.15) is 17.1 Å². The molecule has 6 heteroatoms. The minimum atomic E-state index is -1.05. The van der Waals surface area contributed by atoms with Crippen LogP contribution in [0.1, 0.15) is 20.3 Å². The minimum absolute atomic E-state index is 0.0112. The number of benzene rings is 1. The highest BCUT2D eigenvalue weighted by atomic mass is 16.5. The van der Waals surface area contributed by atoms with Crippen LogP contribution in [0.5, 0.6) is 5.75 Å². The van der Waals surface area contributed by atoms with Crippen LogP contribution >= 0.6 is 0 Å². The van der Waals surface area contributed by atoms with E-state index in [1.807, 2.05) is 25.1 Å². The van der Waals surface area contributed by atoms with Crippen LogP contribution in [0, 0.1) is 0 Å². The molecule has 0 bridgehead atoms. The van der Waals surface area contributed by atoms with Crippen molar-refractivity contribution in [2.24, 2.45) is 4.99 Å². The molecule has 3 rings (SSSR count). The van der Waals surface area contributed by atoms with Crippen molar-refractivity contribution in [3.63, 3.8) is 0 Å². The van der Waals surface area contributed by atoms with Crippen LogP contribution in [0.15, 0.2) is 53.7 Å². The molecule has 0 spiro atoms. The molecule has 0 fully saturated rings. The largest absolute Gasteiger partial charge is 0.492 e. The van der Waals surface area contributed by atoms with E-state index in [9.17, 15) is 9.59 Å². The quantitative estimate of drug-likeness (QED) is 0.923. The summed E-state index contributed by atoms with van der Waals surface area (Å²) in [6.45, 7) is 4.12. The zero-order valence-corrected chi connectivity index (χ0v) is 13.7. The lowest BCUT2D eigenvalue weighted by atomic mass is 9.91. The number of allylic oxidation sites excluding steroid dienone is 2. The molecule has 1 N–H and O–H groups in total. The first-order chi connectivity index (χ1) is 11.5. The van der Waals surface area contributed by atoms with Crippen molar-refractivity contribution in [3.8, 4) is 5.75 Å². The monoisotopic (exact) mass is 325 g/mol. The minimum Gasteiger partial charge on any atom is -0.492 e. The molecule has 1 aromatic carbocycles. The third kappa shape index (κ3) is 2.82. The highest BCUT2D eigenvalue weighted by molar-refractivity contribution is 6.12. The number of carbonyl (C=O) groups is 2. The van der Waals surface area contributed by atoms with Gasteiger partial charge in [-0.15, -0.1) is 0 Å². The number of aliphatic imine (C=N–C) groups is 1. The van der Waals surface area contributed by atoms with Gasteiger partial charge >= 0.3 is 0 Å². The summed E-state index contributed by atoms with van der Waals surface area (Å²) in [6, 6.07) is 7.24. The highest BCUT2D eigenvalue weighted by Gasteiger charge is 2.45. The van der Waals surface area contributed by atoms with Crippen molar-refractivity contribution in [2.45, 2.75) is 25.8 Å². The Morgan fingerprint density at radius 3 is 2.96 bits per heavy atom. The normalized spacial score (nSPS) is 22.0. The molecular formula is C18H19N3O3. The second kappa shape index (κ2) is 6.31. The smallest absolute Gasteiger partial charge is 0.251 e. The van der Waals surface area contributed by atoms with Crippen molar-refractivity contribution in [1.29, 1.82) is 0 Å². The molecule has 124 valence electrons. The van der Waals surface area contributed by atoms with E-state index in [2.05, 4.69) is 10.3 Å². The van der Waals surface area contributed by atoms with Gasteiger partial charge in [0.15, 0.2) is 0 Å². The van der Waals surface area contributed by atoms with Gasteiger partial charge in [0.2, 0.25) is 0 Å². The molecule has 0 radical (unpaired) electrons. The van der Waals surface area contributed by atoms with Gasteiger partial charge in [0.05, 0.1) is 18.7 Å². The van der Waals surface area contributed by atoms with Crippen LogP contribution in [0.2, 0.25) is 0 Å². The number of rotatable bonds is 4. The number of hydrogen-bond acceptors (Lipinski definition) is 4. The molecule has 2 aliphatic heterocycles. The van der Waals surface area contributed by atoms with Gasteiger partial charge in [-0.25, -0.2) is 0 Å². The zero-order valence-electron chi connectivity index (χ0n) is 13.7. The number of hydrogen-bond donors (Lipinski definition) is 1. The van der Waals surface area contributed by atoms with Gasteiger partial charge < -0.3 is 15.0 Å². The van der Waals surface area contributed by atoms with E-state index < -0.39 is 5.54 Å². The Hall–Kier alpha value is -2.89. The molecule has 6 nitrogen and oxygen atoms in total. The molecule has 1 aromatic rings. The number of amides is 2. The topological polar surface area (TPSA) is 71.0 Å². The van der Waals surface area contributed by atoms with E-state index in [1.165, 1.54) is 0 Å². The third-order valence-corrected chi connectivity index (χ3v) is 4.03. The summed E-state index contributed by atoms with van der Waals surface area (Å²) < 4.78 is 5.54. The predicted molar refractivity (Wildman–Crippen MR) is 91.8 cm³/mol. The fourth-order valence-corrected chi connectivity index (χ4v) is 2.79. The predicted octanol–water partition coefficient (Wildman–Crippen LogP) is 2.50. The Kier molecular flexibility index (Phi) is 4.20. The van der Waals surface area contributed by atoms with Crippen molar-refractivity contribution in [3.05, 3.63) is 48.7 Å². The second-order valence-corrected chi connectivity index (χ2v) is 5.77. The number of ether oxygens (including phenoxy) is 1. The summed E-state index contributed by atoms with van der Waals surface area (Å²) in [4.78, 5) is 30.7. The van der Waals surface area contributed by atoms with Gasteiger partial charge in [-0.3, -0.25) is 9.59 Å². The first kappa shape index (κ1) is 16.0. The number of fused-ring (bicyclic) bond motifs is 1. The maximum absolute atomic E-state index is 13.0. The number of nitrogens with zero attached hydrogens (tertiary/aromatic N) is 2. The summed E-state index contributed by atoms with van der Waals surface area (Å²) in [5.41, 5.74) is -0.465. The van der Waals surface area contributed by atoms with Crippen molar-refractivity contribution in [1.82, 2.24) is 4.90 Å². The maximum Gasteiger partial charge on any atom is 0.251 e. The average Bonchev–Trinajstić information content (AvgIpc) is 2.56. The first-order valence-corrected chi connectivity index (χ1v) is 7.83. The molecule has 1 atom stereocenters. The molecule has 1 unspecified atom stereocenters. The van der Waals surface area contributed by atoms with Crippen LogP contribution in [0.25, 0.3) is 0 Å². The lowest BCUT2D eigenvalue weighted by molar-refractivity contribution is -0.130. The summed E-state index contributed by atoms with van der Waals surface area (Å²) in [7, 11) is 0. The standard InChI is InChI=1S/C18H19N3O3/c1-3-24-14-9-5-4-8-13(14)19-17(23)18(2)12-16(22)20-15-10-6-7-11-21(15)18/h4-11H,3,12H2,1-2H3,(H,19,23). The summed E-state index contributed by atoms with van der Waals surface area (Å²) >= 11 is 0. The van der Waals surface area contributed by atoms with Crippen molar-refractivity contribution in [2.75, 3.05) is 11.9 Å². The Morgan fingerprint density at radius 2 is 2.17 bits per heavy atom. The van der Waals surface area contributed by atoms with Crippen LogP contribution in [-0.2, 0) is 9.59 Å². The lowest BCUT2D eigenvalue weighted by Crippen LogP contribution is -2.58. The van der Waals surface area contributed by atoms with Crippen LogP contribution in [0.3, 0.4) is 0 Å². The molecule has 2 amide bonds. The molecule has 0 saturated heterocycles. The highest BCUT2D eigenvalue weighted by Crippen LogP contribution is 2.31. The summed E-state index contributed by atoms with van der Waals surface area (Å²) in [5.74, 6) is 0.485. The molecule has 2 heterocycles. The molecule has 0 saturated carbocycles. The molecule has 24 heavy (non-hydrogen) atoms. The van der Waals surface area contributed by atoms with Crippen LogP contribution in [0.4, 0.5) is 5.69 Å². The third-order valence-electron chi connectivity index (χ3n) is 4.03. The Morgan fingerprint density at radius 1 is 1.38 bits per heavy atom. The van der Waals surface area contributed by atoms with E-state index >= 15 is 0 Å². The maximum atomic E-state index is 13.0. The van der Waals surface area contributed by atoms with Gasteiger partial charge in [0, 0.05) is 6.20 Å². The van der Waals surface area contributed by atoms with Crippen molar-refractivity contribution >= 4 is 23.3 Å². The number of para-hydroxylation sites is 2. The van der Waals surface area contributed by atoms with Crippen LogP contribution < -0.4 is 10.1 Å². The van der Waals surface area contributed by atoms with E-state index in [0.717, 1.165) is 0 Å². The van der Waals surface area contributed by atoms with Gasteiger partial charge in [0.25, 0.3) is 11.8 Å². The Bertz CT molecular complexity index is 767. The lowest BCUT2D eigenvalue weighted by Gasteiger charge is -2.41. The van der Waals surface area contributed by atoms with E-state index in [-0.39, 0.29) is 18.2 Å². The van der Waals surface area contributed by atoms with Gasteiger partial charge in [-0.1, -0.05) is 18.2 Å². The summed E-state index contributed by atoms with van der Waals surface area (Å²) in [6.07, 6.45) is 7.10. The molecular weight excluding hydrogens is 306 g/mol. The van der Waals surface area contributed by atoms with E-state index in [4.69, 9.17) is 4.74 Å².